The molecule has 0 radical (unpaired) electrons. The summed E-state index contributed by atoms with van der Waals surface area (Å²) in [6.45, 7) is 2.49. The number of piperidine rings is 1. The van der Waals surface area contributed by atoms with Crippen molar-refractivity contribution in [2.75, 3.05) is 11.4 Å². The molecule has 1 atom stereocenters. The molecule has 1 spiro atoms. The summed E-state index contributed by atoms with van der Waals surface area (Å²) in [5.41, 5.74) is -0.0278. The third-order valence-corrected chi connectivity index (χ3v) is 6.18. The number of pyridine rings is 1. The molecule has 0 bridgehead atoms. The second-order valence-corrected chi connectivity index (χ2v) is 7.69. The molecule has 28 heavy (non-hydrogen) atoms. The number of nitrogens with zero attached hydrogens (tertiary/aromatic N) is 3. The number of nitrogens with one attached hydrogen (secondary N) is 2. The highest BCUT2D eigenvalue weighted by atomic mass is 16.2. The zero-order valence-electron chi connectivity index (χ0n) is 15.3. The molecule has 9 heteroatoms. The van der Waals surface area contributed by atoms with Gasteiger partial charge in [0.1, 0.15) is 11.5 Å². The molecule has 144 valence electrons. The fourth-order valence-electron chi connectivity index (χ4n) is 4.84. The Morgan fingerprint density at radius 1 is 1.14 bits per heavy atom. The molecule has 9 nitrogen and oxygen atoms in total. The third kappa shape index (κ3) is 2.04. The number of urea groups is 1. The number of carbonyl (C=O) groups excluding carboxylic acids is 3. The van der Waals surface area contributed by atoms with Crippen LogP contribution in [0.4, 0.5) is 10.6 Å². The van der Waals surface area contributed by atoms with E-state index in [-0.39, 0.29) is 12.0 Å². The van der Waals surface area contributed by atoms with Crippen molar-refractivity contribution in [2.45, 2.75) is 38.6 Å². The van der Waals surface area contributed by atoms with Gasteiger partial charge in [-0.1, -0.05) is 6.07 Å². The topological polar surface area (TPSA) is 113 Å². The number of fused-ring (bicyclic) bond motifs is 5. The molecule has 2 fully saturated rings. The number of aromatic nitrogens is 2. The number of aryl methyl sites for hydroxylation is 1. The van der Waals surface area contributed by atoms with Gasteiger partial charge in [0.05, 0.1) is 11.6 Å². The lowest BCUT2D eigenvalue weighted by atomic mass is 9.67. The third-order valence-electron chi connectivity index (χ3n) is 6.18. The first-order valence-electron chi connectivity index (χ1n) is 9.38. The molecular weight excluding hydrogens is 362 g/mol. The lowest BCUT2D eigenvalue weighted by molar-refractivity contribution is -0.146. The molecule has 0 aliphatic carbocycles. The normalized spacial score (nSPS) is 23.2. The Labute approximate surface area is 159 Å². The van der Waals surface area contributed by atoms with Gasteiger partial charge in [0.2, 0.25) is 11.8 Å². The second kappa shape index (κ2) is 5.63. The average Bonchev–Trinajstić information content (AvgIpc) is 2.67. The average molecular weight is 381 g/mol. The number of carbonyl (C=O) groups is 3. The zero-order chi connectivity index (χ0) is 19.6. The zero-order valence-corrected chi connectivity index (χ0v) is 15.3. The molecule has 0 saturated carbocycles. The van der Waals surface area contributed by atoms with Crippen LogP contribution in [0.3, 0.4) is 0 Å². The Bertz CT molecular complexity index is 1100. The maximum Gasteiger partial charge on any atom is 0.328 e. The van der Waals surface area contributed by atoms with Gasteiger partial charge in [-0.05, 0) is 37.8 Å². The van der Waals surface area contributed by atoms with Gasteiger partial charge in [-0.2, -0.15) is 0 Å². The number of barbiturate groups is 1. The summed E-state index contributed by atoms with van der Waals surface area (Å²) in [4.78, 5) is 57.5. The largest absolute Gasteiger partial charge is 0.352 e. The second-order valence-electron chi connectivity index (χ2n) is 7.69. The lowest BCUT2D eigenvalue weighted by Crippen LogP contribution is -2.72. The van der Waals surface area contributed by atoms with Crippen LogP contribution < -0.4 is 21.1 Å². The Balaban J connectivity index is 1.79. The summed E-state index contributed by atoms with van der Waals surface area (Å²) in [5.74, 6) is -0.734. The summed E-state index contributed by atoms with van der Waals surface area (Å²) >= 11 is 0. The van der Waals surface area contributed by atoms with Gasteiger partial charge in [0, 0.05) is 19.2 Å². The minimum atomic E-state index is -1.51. The summed E-state index contributed by atoms with van der Waals surface area (Å²) in [6.07, 6.45) is 3.92. The van der Waals surface area contributed by atoms with E-state index in [2.05, 4.69) is 10.6 Å². The lowest BCUT2D eigenvalue weighted by Gasteiger charge is -2.51. The van der Waals surface area contributed by atoms with Crippen molar-refractivity contribution in [3.8, 4) is 0 Å². The van der Waals surface area contributed by atoms with Crippen LogP contribution in [0.5, 0.6) is 0 Å². The van der Waals surface area contributed by atoms with Crippen molar-refractivity contribution in [2.24, 2.45) is 5.41 Å². The van der Waals surface area contributed by atoms with E-state index >= 15 is 0 Å². The molecule has 3 aliphatic rings. The summed E-state index contributed by atoms with van der Waals surface area (Å²) in [7, 11) is 0. The van der Waals surface area contributed by atoms with Crippen molar-refractivity contribution >= 4 is 29.3 Å². The Kier molecular flexibility index (Phi) is 3.40. The smallest absolute Gasteiger partial charge is 0.328 e. The number of hydrogen-bond donors (Lipinski definition) is 2. The first-order valence-corrected chi connectivity index (χ1v) is 9.38. The van der Waals surface area contributed by atoms with Crippen LogP contribution in [-0.4, -0.2) is 39.8 Å². The summed E-state index contributed by atoms with van der Waals surface area (Å²) < 4.78 is 1.45. The maximum atomic E-state index is 13.3. The Morgan fingerprint density at radius 2 is 1.89 bits per heavy atom. The minimum Gasteiger partial charge on any atom is -0.352 e. The van der Waals surface area contributed by atoms with Crippen molar-refractivity contribution in [3.05, 3.63) is 39.8 Å². The SMILES string of the molecule is Cc1cccn2c(=O)c3c(nc12)N1CCCC[C@H]1C1(C3)C(=O)NC(=O)NC1=O. The molecule has 5 heterocycles. The molecule has 3 aliphatic heterocycles. The number of anilines is 1. The van der Waals surface area contributed by atoms with Gasteiger partial charge in [-0.25, -0.2) is 9.78 Å². The summed E-state index contributed by atoms with van der Waals surface area (Å²) in [5, 5.41) is 4.47. The highest BCUT2D eigenvalue weighted by Gasteiger charge is 2.60. The van der Waals surface area contributed by atoms with E-state index in [1.807, 2.05) is 17.9 Å². The van der Waals surface area contributed by atoms with Crippen LogP contribution in [0.1, 0.15) is 30.4 Å². The minimum absolute atomic E-state index is 0.0723. The van der Waals surface area contributed by atoms with E-state index in [1.165, 1.54) is 4.40 Å². The van der Waals surface area contributed by atoms with Crippen LogP contribution in [0.2, 0.25) is 0 Å². The van der Waals surface area contributed by atoms with Crippen LogP contribution in [0.25, 0.3) is 5.65 Å². The molecule has 0 aromatic carbocycles. The Hall–Kier alpha value is -3.23. The predicted molar refractivity (Wildman–Crippen MR) is 99.0 cm³/mol. The van der Waals surface area contributed by atoms with Crippen molar-refractivity contribution in [1.82, 2.24) is 20.0 Å². The first-order chi connectivity index (χ1) is 13.4. The van der Waals surface area contributed by atoms with Crippen molar-refractivity contribution < 1.29 is 14.4 Å². The van der Waals surface area contributed by atoms with Crippen molar-refractivity contribution in [1.29, 1.82) is 0 Å². The number of hydrogen-bond acceptors (Lipinski definition) is 6. The molecular formula is C19H19N5O4. The molecule has 2 saturated heterocycles. The van der Waals surface area contributed by atoms with Crippen molar-refractivity contribution in [3.63, 3.8) is 0 Å². The monoisotopic (exact) mass is 381 g/mol. The van der Waals surface area contributed by atoms with Crippen LogP contribution in [0, 0.1) is 12.3 Å². The van der Waals surface area contributed by atoms with E-state index < -0.39 is 29.3 Å². The van der Waals surface area contributed by atoms with Gasteiger partial charge >= 0.3 is 6.03 Å². The fraction of sp³-hybridized carbons (Fsp3) is 0.421. The van der Waals surface area contributed by atoms with Gasteiger partial charge in [0.25, 0.3) is 5.56 Å². The van der Waals surface area contributed by atoms with E-state index in [0.717, 1.165) is 18.4 Å². The van der Waals surface area contributed by atoms with Crippen LogP contribution >= 0.6 is 0 Å². The highest BCUT2D eigenvalue weighted by molar-refractivity contribution is 6.20. The molecule has 4 amide bonds. The van der Waals surface area contributed by atoms with Gasteiger partial charge in [0.15, 0.2) is 5.41 Å². The predicted octanol–water partition coefficient (Wildman–Crippen LogP) is 0.270. The number of imide groups is 2. The molecule has 2 N–H and O–H groups in total. The summed E-state index contributed by atoms with van der Waals surface area (Å²) in [6, 6.07) is 2.39. The van der Waals surface area contributed by atoms with Crippen LogP contribution in [-0.2, 0) is 16.0 Å². The van der Waals surface area contributed by atoms with Crippen LogP contribution in [0.15, 0.2) is 23.1 Å². The van der Waals surface area contributed by atoms with Gasteiger partial charge < -0.3 is 4.90 Å². The Morgan fingerprint density at radius 3 is 2.64 bits per heavy atom. The van der Waals surface area contributed by atoms with E-state index in [1.54, 1.807) is 12.3 Å². The van der Waals surface area contributed by atoms with Gasteiger partial charge in [-0.15, -0.1) is 0 Å². The highest BCUT2D eigenvalue weighted by Crippen LogP contribution is 2.44. The maximum absolute atomic E-state index is 13.3. The van der Waals surface area contributed by atoms with E-state index in [4.69, 9.17) is 4.98 Å². The fourth-order valence-corrected chi connectivity index (χ4v) is 4.84. The van der Waals surface area contributed by atoms with E-state index in [9.17, 15) is 19.2 Å². The number of amides is 4. The standard InChI is InChI=1S/C19H19N5O4/c1-10-5-4-8-24-13(10)20-14-11(15(24)25)9-19(12-6-2-3-7-23(12)14)16(26)21-18(28)22-17(19)27/h4-5,8,12H,2-3,6-7,9H2,1H3,(H2,21,22,26,27,28)/t12-/m0/s1. The molecule has 2 aromatic rings. The van der Waals surface area contributed by atoms with E-state index in [0.29, 0.717) is 30.0 Å². The first kappa shape index (κ1) is 16.9. The quantitative estimate of drug-likeness (QED) is 0.634. The number of rotatable bonds is 0. The molecule has 2 aromatic heterocycles. The molecule has 0 unspecified atom stereocenters. The van der Waals surface area contributed by atoms with Gasteiger partial charge in [-0.3, -0.25) is 29.4 Å². The molecule has 5 rings (SSSR count).